The molecule has 3 aliphatic rings. The van der Waals surface area contributed by atoms with Crippen molar-refractivity contribution in [2.75, 3.05) is 9.80 Å². The Morgan fingerprint density at radius 1 is 0.313 bits per heavy atom. The molecule has 0 atom stereocenters. The zero-order chi connectivity index (χ0) is 45.1. The fraction of sp³-hybridized carbons (Fsp3) is 0.108. The molecule has 0 radical (unpaired) electrons. The Kier molecular flexibility index (Phi) is 8.55. The Labute approximate surface area is 394 Å². The monoisotopic (exact) mass is 858 g/mol. The number of fused-ring (bicyclic) bond motifs is 9. The minimum Gasteiger partial charge on any atom is -0.310 e. The maximum Gasteiger partial charge on any atom is 0.0713 e. The van der Waals surface area contributed by atoms with Gasteiger partial charge in [0.1, 0.15) is 0 Å². The van der Waals surface area contributed by atoms with Gasteiger partial charge < -0.3 is 9.80 Å². The van der Waals surface area contributed by atoms with Gasteiger partial charge in [-0.2, -0.15) is 0 Å². The fourth-order valence-electron chi connectivity index (χ4n) is 12.3. The molecule has 2 aliphatic carbocycles. The summed E-state index contributed by atoms with van der Waals surface area (Å²) in [5.41, 5.74) is 21.7. The van der Waals surface area contributed by atoms with Crippen molar-refractivity contribution in [1.29, 1.82) is 0 Å². The summed E-state index contributed by atoms with van der Waals surface area (Å²) < 4.78 is 0. The van der Waals surface area contributed by atoms with Crippen molar-refractivity contribution >= 4 is 44.9 Å². The van der Waals surface area contributed by atoms with E-state index < -0.39 is 10.8 Å². The van der Waals surface area contributed by atoms with E-state index in [1.54, 1.807) is 0 Å². The van der Waals surface area contributed by atoms with Crippen molar-refractivity contribution in [3.63, 3.8) is 0 Å². The van der Waals surface area contributed by atoms with Crippen molar-refractivity contribution < 1.29 is 0 Å². The van der Waals surface area contributed by atoms with E-state index in [1.807, 2.05) is 0 Å². The van der Waals surface area contributed by atoms with E-state index in [9.17, 15) is 0 Å². The molecule has 0 unspecified atom stereocenters. The van der Waals surface area contributed by atoms with Crippen molar-refractivity contribution in [3.8, 4) is 22.3 Å². The summed E-state index contributed by atoms with van der Waals surface area (Å²) in [6.45, 7) is 9.58. The largest absolute Gasteiger partial charge is 0.310 e. The van der Waals surface area contributed by atoms with E-state index in [4.69, 9.17) is 0 Å². The van der Waals surface area contributed by atoms with Crippen LogP contribution in [0.25, 0.3) is 33.0 Å². The SMILES string of the molecule is CC1(C)c2ccccc2-c2cc(N(c3ccc4c(c3)C(C)(C)c3cc(C5(c6ccccc6)c6ccccc6-c6ccccc65)ccc3N4c3ccccc3)c3ccc4ccccc4c3)ccc21. The lowest BCUT2D eigenvalue weighted by Gasteiger charge is -2.44. The smallest absolute Gasteiger partial charge is 0.0713 e. The highest BCUT2D eigenvalue weighted by atomic mass is 15.2. The van der Waals surface area contributed by atoms with Crippen molar-refractivity contribution in [3.05, 3.63) is 275 Å². The summed E-state index contributed by atoms with van der Waals surface area (Å²) in [5, 5.41) is 2.45. The molecule has 10 aromatic rings. The van der Waals surface area contributed by atoms with E-state index in [-0.39, 0.29) is 5.41 Å². The molecule has 0 aromatic heterocycles. The topological polar surface area (TPSA) is 6.48 Å². The van der Waals surface area contributed by atoms with Crippen LogP contribution in [0.2, 0.25) is 0 Å². The lowest BCUT2D eigenvalue weighted by molar-refractivity contribution is 0.627. The summed E-state index contributed by atoms with van der Waals surface area (Å²) in [6.07, 6.45) is 0. The quantitative estimate of drug-likeness (QED) is 0.164. The molecule has 320 valence electrons. The molecule has 0 spiro atoms. The van der Waals surface area contributed by atoms with Gasteiger partial charge in [-0.1, -0.05) is 198 Å². The molecule has 0 saturated heterocycles. The standard InChI is InChI=1S/C65H50N2/c1-63(2)55-28-16-13-27-53(55)54-41-49(34-36-56(54)63)66(48-33-31-43-19-11-12-20-44(43)39-48)50-35-38-62-60(42-50)64(3,4)59-40-46(32-37-61(59)67(62)47-23-9-6-10-24-47)65(45-21-7-5-8-22-45)57-29-17-14-25-51(57)52-26-15-18-30-58(52)65/h5-42H,1-4H3. The first-order chi connectivity index (χ1) is 32.7. The summed E-state index contributed by atoms with van der Waals surface area (Å²) in [7, 11) is 0. The van der Waals surface area contributed by atoms with Crippen LogP contribution in [0.15, 0.2) is 231 Å². The Balaban J connectivity index is 1.04. The fourth-order valence-corrected chi connectivity index (χ4v) is 12.3. The van der Waals surface area contributed by atoms with Crippen molar-refractivity contribution in [1.82, 2.24) is 0 Å². The van der Waals surface area contributed by atoms with E-state index in [0.29, 0.717) is 0 Å². The van der Waals surface area contributed by atoms with Crippen LogP contribution in [-0.4, -0.2) is 0 Å². The summed E-state index contributed by atoms with van der Waals surface area (Å²) in [6, 6.07) is 86.4. The zero-order valence-corrected chi connectivity index (χ0v) is 38.3. The molecule has 13 rings (SSSR count). The summed E-state index contributed by atoms with van der Waals surface area (Å²) in [4.78, 5) is 4.97. The average Bonchev–Trinajstić information content (AvgIpc) is 3.80. The van der Waals surface area contributed by atoms with Crippen LogP contribution in [0.5, 0.6) is 0 Å². The van der Waals surface area contributed by atoms with Gasteiger partial charge in [-0.15, -0.1) is 0 Å². The third-order valence-corrected chi connectivity index (χ3v) is 15.5. The van der Waals surface area contributed by atoms with Gasteiger partial charge in [-0.25, -0.2) is 0 Å². The number of para-hydroxylation sites is 1. The Morgan fingerprint density at radius 3 is 1.49 bits per heavy atom. The Morgan fingerprint density at radius 2 is 0.791 bits per heavy atom. The van der Waals surface area contributed by atoms with E-state index in [0.717, 1.165) is 22.7 Å². The molecule has 0 bridgehead atoms. The van der Waals surface area contributed by atoms with Gasteiger partial charge >= 0.3 is 0 Å². The first-order valence-electron chi connectivity index (χ1n) is 23.7. The molecule has 1 heterocycles. The van der Waals surface area contributed by atoms with Crippen LogP contribution < -0.4 is 9.80 Å². The maximum atomic E-state index is 2.55. The number of rotatable bonds is 6. The molecule has 0 fully saturated rings. The lowest BCUT2D eigenvalue weighted by Crippen LogP contribution is -2.33. The molecule has 1 aliphatic heterocycles. The summed E-state index contributed by atoms with van der Waals surface area (Å²) in [5.74, 6) is 0. The Hall–Kier alpha value is -7.94. The highest BCUT2D eigenvalue weighted by molar-refractivity contribution is 5.94. The molecular weight excluding hydrogens is 809 g/mol. The van der Waals surface area contributed by atoms with Gasteiger partial charge in [0.15, 0.2) is 0 Å². The van der Waals surface area contributed by atoms with Crippen molar-refractivity contribution in [2.24, 2.45) is 0 Å². The van der Waals surface area contributed by atoms with Crippen LogP contribution in [0.3, 0.4) is 0 Å². The first kappa shape index (κ1) is 39.4. The van der Waals surface area contributed by atoms with Gasteiger partial charge in [0.25, 0.3) is 0 Å². The van der Waals surface area contributed by atoms with Gasteiger partial charge in [-0.3, -0.25) is 0 Å². The first-order valence-corrected chi connectivity index (χ1v) is 23.7. The van der Waals surface area contributed by atoms with E-state index in [2.05, 4.69) is 268 Å². The normalized spacial score (nSPS) is 15.2. The number of anilines is 6. The van der Waals surface area contributed by atoms with Gasteiger partial charge in [0.2, 0.25) is 0 Å². The third-order valence-electron chi connectivity index (χ3n) is 15.5. The highest BCUT2D eigenvalue weighted by Crippen LogP contribution is 2.59. The number of nitrogens with zero attached hydrogens (tertiary/aromatic N) is 2. The van der Waals surface area contributed by atoms with E-state index in [1.165, 1.54) is 88.9 Å². The van der Waals surface area contributed by atoms with Gasteiger partial charge in [0, 0.05) is 33.6 Å². The zero-order valence-electron chi connectivity index (χ0n) is 38.3. The molecule has 0 amide bonds. The second-order valence-electron chi connectivity index (χ2n) is 19.7. The van der Waals surface area contributed by atoms with Crippen LogP contribution in [-0.2, 0) is 16.2 Å². The minimum atomic E-state index is -0.507. The van der Waals surface area contributed by atoms with Crippen LogP contribution in [0, 0.1) is 0 Å². The van der Waals surface area contributed by atoms with Crippen LogP contribution >= 0.6 is 0 Å². The Bertz CT molecular complexity index is 3550. The van der Waals surface area contributed by atoms with E-state index >= 15 is 0 Å². The number of hydrogen-bond acceptors (Lipinski definition) is 2. The molecule has 67 heavy (non-hydrogen) atoms. The second-order valence-corrected chi connectivity index (χ2v) is 19.7. The van der Waals surface area contributed by atoms with Crippen LogP contribution in [0.4, 0.5) is 34.1 Å². The van der Waals surface area contributed by atoms with Gasteiger partial charge in [0.05, 0.1) is 16.8 Å². The van der Waals surface area contributed by atoms with Crippen LogP contribution in [0.1, 0.15) is 72.2 Å². The molecule has 2 heteroatoms. The molecular formula is C65H50N2. The predicted molar refractivity (Wildman–Crippen MR) is 280 cm³/mol. The van der Waals surface area contributed by atoms with Gasteiger partial charge in [-0.05, 0) is 138 Å². The lowest BCUT2D eigenvalue weighted by atomic mass is 9.65. The molecule has 2 nitrogen and oxygen atoms in total. The predicted octanol–water partition coefficient (Wildman–Crippen LogP) is 17.1. The van der Waals surface area contributed by atoms with Crippen molar-refractivity contribution in [2.45, 2.75) is 43.9 Å². The highest BCUT2D eigenvalue weighted by Gasteiger charge is 2.47. The minimum absolute atomic E-state index is 0.0804. The summed E-state index contributed by atoms with van der Waals surface area (Å²) >= 11 is 0. The number of hydrogen-bond donors (Lipinski definition) is 0. The maximum absolute atomic E-state index is 2.55. The molecule has 0 N–H and O–H groups in total. The third kappa shape index (κ3) is 5.63. The second kappa shape index (κ2) is 14.5. The average molecular weight is 859 g/mol. The molecule has 10 aromatic carbocycles. The molecule has 0 saturated carbocycles. The number of benzene rings is 10.